The van der Waals surface area contributed by atoms with Crippen LogP contribution in [0.2, 0.25) is 0 Å². The van der Waals surface area contributed by atoms with Crippen LogP contribution in [0.5, 0.6) is 0 Å². The average molecular weight is 221 g/mol. The van der Waals surface area contributed by atoms with E-state index in [-0.39, 0.29) is 11.8 Å². The minimum Gasteiger partial charge on any atom is -0.350 e. The van der Waals surface area contributed by atoms with Gasteiger partial charge in [0.05, 0.1) is 19.0 Å². The number of rotatable bonds is 4. The molecule has 4 nitrogen and oxygen atoms in total. The lowest BCUT2D eigenvalue weighted by molar-refractivity contribution is -0.127. The SMILES string of the molecule is NCC(F)(F)CNC(=O)C1CCCNC1. The van der Waals surface area contributed by atoms with Crippen molar-refractivity contribution in [2.75, 3.05) is 26.2 Å². The Morgan fingerprint density at radius 3 is 2.87 bits per heavy atom. The van der Waals surface area contributed by atoms with Crippen molar-refractivity contribution >= 4 is 5.91 Å². The van der Waals surface area contributed by atoms with Crippen molar-refractivity contribution in [3.05, 3.63) is 0 Å². The molecule has 0 aromatic heterocycles. The van der Waals surface area contributed by atoms with E-state index in [0.717, 1.165) is 19.4 Å². The van der Waals surface area contributed by atoms with Gasteiger partial charge in [-0.3, -0.25) is 4.79 Å². The van der Waals surface area contributed by atoms with Gasteiger partial charge in [0.2, 0.25) is 5.91 Å². The second-order valence-electron chi connectivity index (χ2n) is 3.82. The average Bonchev–Trinajstić information content (AvgIpc) is 2.27. The predicted octanol–water partition coefficient (Wildman–Crippen LogP) is -0.304. The highest BCUT2D eigenvalue weighted by molar-refractivity contribution is 5.79. The highest BCUT2D eigenvalue weighted by Gasteiger charge is 2.29. The quantitative estimate of drug-likeness (QED) is 0.610. The van der Waals surface area contributed by atoms with E-state index < -0.39 is 19.0 Å². The number of carbonyl (C=O) groups is 1. The first-order valence-electron chi connectivity index (χ1n) is 5.11. The van der Waals surface area contributed by atoms with E-state index in [1.807, 2.05) is 0 Å². The van der Waals surface area contributed by atoms with Crippen molar-refractivity contribution < 1.29 is 13.6 Å². The number of carbonyl (C=O) groups excluding carboxylic acids is 1. The molecule has 0 aromatic carbocycles. The monoisotopic (exact) mass is 221 g/mol. The van der Waals surface area contributed by atoms with Crippen LogP contribution in [0.15, 0.2) is 0 Å². The molecule has 1 saturated heterocycles. The van der Waals surface area contributed by atoms with Crippen LogP contribution < -0.4 is 16.4 Å². The summed E-state index contributed by atoms with van der Waals surface area (Å²) in [7, 11) is 0. The largest absolute Gasteiger partial charge is 0.350 e. The first-order valence-corrected chi connectivity index (χ1v) is 5.11. The number of amides is 1. The molecule has 0 spiro atoms. The highest BCUT2D eigenvalue weighted by Crippen LogP contribution is 2.12. The summed E-state index contributed by atoms with van der Waals surface area (Å²) in [4.78, 5) is 11.4. The molecule has 0 bridgehead atoms. The van der Waals surface area contributed by atoms with Gasteiger partial charge < -0.3 is 16.4 Å². The number of alkyl halides is 2. The second-order valence-corrected chi connectivity index (χ2v) is 3.82. The van der Waals surface area contributed by atoms with E-state index in [9.17, 15) is 13.6 Å². The lowest BCUT2D eigenvalue weighted by Crippen LogP contribution is -2.46. The third-order valence-electron chi connectivity index (χ3n) is 2.49. The Balaban J connectivity index is 2.28. The van der Waals surface area contributed by atoms with Crippen LogP contribution in [0.1, 0.15) is 12.8 Å². The molecular formula is C9H17F2N3O. The number of nitrogens with one attached hydrogen (secondary N) is 2. The Labute approximate surface area is 87.6 Å². The van der Waals surface area contributed by atoms with E-state index in [2.05, 4.69) is 10.6 Å². The topological polar surface area (TPSA) is 67.1 Å². The van der Waals surface area contributed by atoms with E-state index >= 15 is 0 Å². The molecule has 0 saturated carbocycles. The van der Waals surface area contributed by atoms with E-state index in [0.29, 0.717) is 6.54 Å². The number of hydrogen-bond donors (Lipinski definition) is 3. The maximum atomic E-state index is 12.7. The van der Waals surface area contributed by atoms with Gasteiger partial charge >= 0.3 is 0 Å². The van der Waals surface area contributed by atoms with Gasteiger partial charge in [-0.1, -0.05) is 0 Å². The molecular weight excluding hydrogens is 204 g/mol. The summed E-state index contributed by atoms with van der Waals surface area (Å²) in [6.07, 6.45) is 1.67. The molecule has 1 unspecified atom stereocenters. The minimum atomic E-state index is -3.00. The third-order valence-corrected chi connectivity index (χ3v) is 2.49. The molecule has 4 N–H and O–H groups in total. The van der Waals surface area contributed by atoms with Crippen molar-refractivity contribution in [2.24, 2.45) is 11.7 Å². The van der Waals surface area contributed by atoms with Crippen LogP contribution in [-0.4, -0.2) is 38.0 Å². The summed E-state index contributed by atoms with van der Waals surface area (Å²) in [6.45, 7) is 0.0534. The van der Waals surface area contributed by atoms with Crippen LogP contribution >= 0.6 is 0 Å². The Morgan fingerprint density at radius 1 is 1.60 bits per heavy atom. The Kier molecular flexibility index (Phi) is 4.41. The fourth-order valence-corrected chi connectivity index (χ4v) is 1.51. The summed E-state index contributed by atoms with van der Waals surface area (Å²) in [6, 6.07) is 0. The molecule has 1 amide bonds. The van der Waals surface area contributed by atoms with Crippen LogP contribution in [0.25, 0.3) is 0 Å². The zero-order chi connectivity index (χ0) is 11.3. The molecule has 0 radical (unpaired) electrons. The number of halogens is 2. The summed E-state index contributed by atoms with van der Waals surface area (Å²) in [5.41, 5.74) is 4.86. The highest BCUT2D eigenvalue weighted by atomic mass is 19.3. The van der Waals surface area contributed by atoms with Crippen molar-refractivity contribution in [2.45, 2.75) is 18.8 Å². The van der Waals surface area contributed by atoms with Crippen molar-refractivity contribution in [1.82, 2.24) is 10.6 Å². The molecule has 15 heavy (non-hydrogen) atoms. The fraction of sp³-hybridized carbons (Fsp3) is 0.889. The van der Waals surface area contributed by atoms with Crippen LogP contribution in [0.4, 0.5) is 8.78 Å². The van der Waals surface area contributed by atoms with Gasteiger partial charge in [0, 0.05) is 6.54 Å². The summed E-state index contributed by atoms with van der Waals surface area (Å²) >= 11 is 0. The van der Waals surface area contributed by atoms with E-state index in [4.69, 9.17) is 5.73 Å². The van der Waals surface area contributed by atoms with Crippen molar-refractivity contribution in [3.63, 3.8) is 0 Å². The molecule has 6 heteroatoms. The van der Waals surface area contributed by atoms with Gasteiger partial charge in [0.15, 0.2) is 0 Å². The zero-order valence-corrected chi connectivity index (χ0v) is 8.56. The molecule has 1 aliphatic rings. The van der Waals surface area contributed by atoms with E-state index in [1.165, 1.54) is 0 Å². The minimum absolute atomic E-state index is 0.188. The number of nitrogens with two attached hydrogens (primary N) is 1. The summed E-state index contributed by atoms with van der Waals surface area (Å²) in [5, 5.41) is 5.29. The fourth-order valence-electron chi connectivity index (χ4n) is 1.51. The lowest BCUT2D eigenvalue weighted by atomic mass is 9.99. The summed E-state index contributed by atoms with van der Waals surface area (Å²) in [5.74, 6) is -3.50. The van der Waals surface area contributed by atoms with Crippen LogP contribution in [0.3, 0.4) is 0 Å². The zero-order valence-electron chi connectivity index (χ0n) is 8.56. The molecule has 1 fully saturated rings. The predicted molar refractivity (Wildman–Crippen MR) is 52.6 cm³/mol. The smallest absolute Gasteiger partial charge is 0.277 e. The maximum absolute atomic E-state index is 12.7. The third kappa shape index (κ3) is 4.09. The Hall–Kier alpha value is -0.750. The van der Waals surface area contributed by atoms with Gasteiger partial charge in [-0.15, -0.1) is 0 Å². The van der Waals surface area contributed by atoms with Gasteiger partial charge in [-0.25, -0.2) is 8.78 Å². The summed E-state index contributed by atoms with van der Waals surface area (Å²) < 4.78 is 25.5. The van der Waals surface area contributed by atoms with Gasteiger partial charge in [0.25, 0.3) is 5.92 Å². The van der Waals surface area contributed by atoms with E-state index in [1.54, 1.807) is 0 Å². The number of hydrogen-bond acceptors (Lipinski definition) is 3. The molecule has 1 rings (SSSR count). The van der Waals surface area contributed by atoms with Gasteiger partial charge in [-0.05, 0) is 19.4 Å². The van der Waals surface area contributed by atoms with Crippen molar-refractivity contribution in [1.29, 1.82) is 0 Å². The molecule has 1 heterocycles. The lowest BCUT2D eigenvalue weighted by Gasteiger charge is -2.23. The normalized spacial score (nSPS) is 22.5. The molecule has 0 aromatic rings. The molecule has 88 valence electrons. The Morgan fingerprint density at radius 2 is 2.33 bits per heavy atom. The van der Waals surface area contributed by atoms with Crippen LogP contribution in [-0.2, 0) is 4.79 Å². The van der Waals surface area contributed by atoms with Gasteiger partial charge in [-0.2, -0.15) is 0 Å². The van der Waals surface area contributed by atoms with Crippen molar-refractivity contribution in [3.8, 4) is 0 Å². The molecule has 1 aliphatic heterocycles. The van der Waals surface area contributed by atoms with Gasteiger partial charge in [0.1, 0.15) is 0 Å². The first kappa shape index (κ1) is 12.3. The van der Waals surface area contributed by atoms with Crippen LogP contribution in [0, 0.1) is 5.92 Å². The first-order chi connectivity index (χ1) is 7.05. The Bertz CT molecular complexity index is 217. The number of piperidine rings is 1. The second kappa shape index (κ2) is 5.37. The standard InChI is InChI=1S/C9H17F2N3O/c10-9(11,5-12)6-14-8(15)7-2-1-3-13-4-7/h7,13H,1-6,12H2,(H,14,15). The maximum Gasteiger partial charge on any atom is 0.277 e. The molecule has 1 atom stereocenters. The molecule has 0 aliphatic carbocycles.